The fourth-order valence-electron chi connectivity index (χ4n) is 4.43. The first kappa shape index (κ1) is 18.5. The van der Waals surface area contributed by atoms with Crippen molar-refractivity contribution in [2.45, 2.75) is 25.6 Å². The fourth-order valence-corrected chi connectivity index (χ4v) is 4.43. The number of fused-ring (bicyclic) bond motifs is 2. The largest absolute Gasteiger partial charge is 0.483 e. The number of nitrogens with one attached hydrogen (secondary N) is 1. The van der Waals surface area contributed by atoms with Gasteiger partial charge in [-0.3, -0.25) is 4.90 Å². The van der Waals surface area contributed by atoms with E-state index in [1.807, 2.05) is 24.3 Å². The van der Waals surface area contributed by atoms with Gasteiger partial charge in [-0.15, -0.1) is 0 Å². The van der Waals surface area contributed by atoms with Gasteiger partial charge >= 0.3 is 0 Å². The van der Waals surface area contributed by atoms with Crippen LogP contribution in [0.2, 0.25) is 0 Å². The average molecular weight is 392 g/mol. The van der Waals surface area contributed by atoms with E-state index < -0.39 is 0 Å². The molecular weight excluding hydrogens is 362 g/mol. The van der Waals surface area contributed by atoms with Gasteiger partial charge in [0.25, 0.3) is 0 Å². The second-order valence-corrected chi connectivity index (χ2v) is 8.18. The number of ether oxygens (including phenoxy) is 2. The molecule has 2 aliphatic heterocycles. The van der Waals surface area contributed by atoms with Crippen LogP contribution in [-0.4, -0.2) is 66.3 Å². The predicted octanol–water partition coefficient (Wildman–Crippen LogP) is 3.56. The quantitative estimate of drug-likeness (QED) is 0.722. The molecule has 0 amide bonds. The number of aromatic nitrogens is 1. The highest BCUT2D eigenvalue weighted by molar-refractivity contribution is 5.83. The molecule has 2 atom stereocenters. The summed E-state index contributed by atoms with van der Waals surface area (Å²) in [5.41, 5.74) is 2.65. The molecule has 1 N–H and O–H groups in total. The molecule has 152 valence electrons. The summed E-state index contributed by atoms with van der Waals surface area (Å²) in [4.78, 5) is 8.48. The van der Waals surface area contributed by atoms with Gasteiger partial charge in [-0.1, -0.05) is 30.3 Å². The van der Waals surface area contributed by atoms with E-state index in [9.17, 15) is 0 Å². The number of para-hydroxylation sites is 3. The van der Waals surface area contributed by atoms with Crippen LogP contribution in [0.4, 0.5) is 0 Å². The Bertz CT molecular complexity index is 961. The first-order chi connectivity index (χ1) is 14.3. The third-order valence-electron chi connectivity index (χ3n) is 6.24. The number of aromatic amines is 1. The van der Waals surface area contributed by atoms with Crippen LogP contribution in [0.3, 0.4) is 0 Å². The van der Waals surface area contributed by atoms with Crippen molar-refractivity contribution < 1.29 is 9.47 Å². The van der Waals surface area contributed by atoms with Crippen LogP contribution in [-0.2, 0) is 6.42 Å². The van der Waals surface area contributed by atoms with Gasteiger partial charge in [-0.2, -0.15) is 0 Å². The minimum Gasteiger partial charge on any atom is -0.483 e. The Labute approximate surface area is 172 Å². The molecule has 2 unspecified atom stereocenters. The molecule has 2 aromatic carbocycles. The van der Waals surface area contributed by atoms with Crippen molar-refractivity contribution in [3.05, 3.63) is 60.3 Å². The lowest BCUT2D eigenvalue weighted by Crippen LogP contribution is -2.52. The monoisotopic (exact) mass is 391 g/mol. The Hall–Kier alpha value is -2.50. The summed E-state index contributed by atoms with van der Waals surface area (Å²) in [6.45, 7) is 8.54. The van der Waals surface area contributed by atoms with Crippen LogP contribution >= 0.6 is 0 Å². The second-order valence-electron chi connectivity index (χ2n) is 8.18. The van der Waals surface area contributed by atoms with E-state index in [0.717, 1.165) is 57.2 Å². The van der Waals surface area contributed by atoms with Gasteiger partial charge < -0.3 is 19.4 Å². The van der Waals surface area contributed by atoms with Crippen LogP contribution in [0.25, 0.3) is 10.9 Å². The summed E-state index contributed by atoms with van der Waals surface area (Å²) in [7, 11) is 0. The summed E-state index contributed by atoms with van der Waals surface area (Å²) < 4.78 is 12.3. The molecule has 3 heterocycles. The number of hydrogen-bond donors (Lipinski definition) is 1. The van der Waals surface area contributed by atoms with Crippen LogP contribution in [0.1, 0.15) is 12.5 Å². The number of H-pyrrole nitrogens is 1. The Morgan fingerprint density at radius 1 is 0.897 bits per heavy atom. The van der Waals surface area contributed by atoms with Gasteiger partial charge in [-0.25, -0.2) is 0 Å². The zero-order valence-electron chi connectivity index (χ0n) is 17.0. The first-order valence-electron chi connectivity index (χ1n) is 10.7. The molecule has 3 aromatic rings. The van der Waals surface area contributed by atoms with Crippen molar-refractivity contribution in [1.82, 2.24) is 14.8 Å². The normalized spacial score (nSPS) is 22.8. The third-order valence-corrected chi connectivity index (χ3v) is 6.24. The maximum atomic E-state index is 6.23. The molecule has 0 radical (unpaired) electrons. The molecule has 1 fully saturated rings. The van der Waals surface area contributed by atoms with Gasteiger partial charge in [0.2, 0.25) is 0 Å². The summed E-state index contributed by atoms with van der Waals surface area (Å²) in [5, 5.41) is 1.36. The van der Waals surface area contributed by atoms with Crippen molar-refractivity contribution in [3.63, 3.8) is 0 Å². The van der Waals surface area contributed by atoms with Gasteiger partial charge in [0, 0.05) is 56.4 Å². The summed E-state index contributed by atoms with van der Waals surface area (Å²) in [6.07, 6.45) is 3.42. The van der Waals surface area contributed by atoms with Crippen LogP contribution in [0.5, 0.6) is 11.5 Å². The summed E-state index contributed by atoms with van der Waals surface area (Å²) >= 11 is 0. The van der Waals surface area contributed by atoms with Crippen molar-refractivity contribution in [2.24, 2.45) is 0 Å². The van der Waals surface area contributed by atoms with Gasteiger partial charge in [0.15, 0.2) is 11.5 Å². The molecule has 1 aromatic heterocycles. The lowest BCUT2D eigenvalue weighted by atomic mass is 10.1. The number of nitrogens with zero attached hydrogens (tertiary/aromatic N) is 2. The average Bonchev–Trinajstić information content (AvgIpc) is 3.17. The molecular formula is C24H29N3O2. The highest BCUT2D eigenvalue weighted by Gasteiger charge is 2.30. The van der Waals surface area contributed by atoms with E-state index in [-0.39, 0.29) is 12.2 Å². The molecule has 0 spiro atoms. The maximum absolute atomic E-state index is 6.23. The predicted molar refractivity (Wildman–Crippen MR) is 116 cm³/mol. The topological polar surface area (TPSA) is 40.7 Å². The summed E-state index contributed by atoms with van der Waals surface area (Å²) in [6, 6.07) is 16.5. The van der Waals surface area contributed by atoms with Crippen molar-refractivity contribution >= 4 is 10.9 Å². The van der Waals surface area contributed by atoms with E-state index in [1.165, 1.54) is 16.5 Å². The lowest BCUT2D eigenvalue weighted by Gasteiger charge is -2.39. The Kier molecular flexibility index (Phi) is 5.17. The van der Waals surface area contributed by atoms with Gasteiger partial charge in [-0.05, 0) is 37.1 Å². The highest BCUT2D eigenvalue weighted by Crippen LogP contribution is 2.33. The number of hydrogen-bond acceptors (Lipinski definition) is 4. The SMILES string of the molecule is CC1Oc2ccccc2OC1CN1CCN(CCc2c[nH]c3ccccc23)CC1. The van der Waals surface area contributed by atoms with Gasteiger partial charge in [0.1, 0.15) is 12.2 Å². The Morgan fingerprint density at radius 2 is 1.59 bits per heavy atom. The molecule has 0 bridgehead atoms. The first-order valence-corrected chi connectivity index (χ1v) is 10.7. The van der Waals surface area contributed by atoms with E-state index in [2.05, 4.69) is 52.2 Å². The second kappa shape index (κ2) is 8.09. The number of piperazine rings is 1. The molecule has 5 nitrogen and oxygen atoms in total. The van der Waals surface area contributed by atoms with E-state index in [1.54, 1.807) is 0 Å². The molecule has 5 heteroatoms. The zero-order chi connectivity index (χ0) is 19.6. The van der Waals surface area contributed by atoms with E-state index >= 15 is 0 Å². The smallest absolute Gasteiger partial charge is 0.161 e. The molecule has 29 heavy (non-hydrogen) atoms. The number of rotatable bonds is 5. The molecule has 5 rings (SSSR count). The Morgan fingerprint density at radius 3 is 2.41 bits per heavy atom. The van der Waals surface area contributed by atoms with Crippen molar-refractivity contribution in [2.75, 3.05) is 39.3 Å². The number of benzene rings is 2. The Balaban J connectivity index is 1.11. The van der Waals surface area contributed by atoms with Crippen molar-refractivity contribution in [3.8, 4) is 11.5 Å². The minimum absolute atomic E-state index is 0.0739. The standard InChI is InChI=1S/C24H29N3O2/c1-18-24(29-23-9-5-4-8-22(23)28-18)17-27-14-12-26(13-15-27)11-10-19-16-25-21-7-3-2-6-20(19)21/h2-9,16,18,24-25H,10-15,17H2,1H3. The van der Waals surface area contributed by atoms with Crippen LogP contribution in [0.15, 0.2) is 54.7 Å². The lowest BCUT2D eigenvalue weighted by molar-refractivity contribution is -0.000110. The zero-order valence-corrected chi connectivity index (χ0v) is 17.0. The molecule has 2 aliphatic rings. The minimum atomic E-state index is 0.0739. The molecule has 0 aliphatic carbocycles. The summed E-state index contributed by atoms with van der Waals surface area (Å²) in [5.74, 6) is 1.73. The van der Waals surface area contributed by atoms with Crippen molar-refractivity contribution in [1.29, 1.82) is 0 Å². The van der Waals surface area contributed by atoms with Crippen LogP contribution < -0.4 is 9.47 Å². The maximum Gasteiger partial charge on any atom is 0.161 e. The fraction of sp³-hybridized carbons (Fsp3) is 0.417. The van der Waals surface area contributed by atoms with E-state index in [4.69, 9.17) is 9.47 Å². The van der Waals surface area contributed by atoms with Crippen LogP contribution in [0, 0.1) is 0 Å². The third kappa shape index (κ3) is 3.98. The molecule has 1 saturated heterocycles. The van der Waals surface area contributed by atoms with E-state index in [0.29, 0.717) is 0 Å². The van der Waals surface area contributed by atoms with Gasteiger partial charge in [0.05, 0.1) is 0 Å². The molecule has 0 saturated carbocycles. The highest BCUT2D eigenvalue weighted by atomic mass is 16.6.